The number of rotatable bonds is 5. The topological polar surface area (TPSA) is 65.5 Å². The van der Waals surface area contributed by atoms with E-state index in [2.05, 4.69) is 4.98 Å². The van der Waals surface area contributed by atoms with Gasteiger partial charge in [0.2, 0.25) is 5.88 Å². The van der Waals surface area contributed by atoms with Gasteiger partial charge in [0, 0.05) is 18.0 Å². The number of hydrogen-bond donors (Lipinski definition) is 0. The number of methoxy groups -OCH3 is 2. The highest BCUT2D eigenvalue weighted by molar-refractivity contribution is 6.09. The summed E-state index contributed by atoms with van der Waals surface area (Å²) in [7, 11) is 3.13. The lowest BCUT2D eigenvalue weighted by atomic mass is 9.79. The molecule has 0 saturated heterocycles. The van der Waals surface area contributed by atoms with Crippen molar-refractivity contribution in [1.82, 2.24) is 4.98 Å². The molecule has 126 valence electrons. The quantitative estimate of drug-likeness (QED) is 0.789. The van der Waals surface area contributed by atoms with Crippen LogP contribution in [0.15, 0.2) is 12.1 Å². The average Bonchev–Trinajstić information content (AvgIpc) is 2.58. The van der Waals surface area contributed by atoms with Crippen molar-refractivity contribution in [2.75, 3.05) is 14.2 Å². The van der Waals surface area contributed by atoms with Gasteiger partial charge in [-0.2, -0.15) is 0 Å². The number of fused-ring (bicyclic) bond motifs is 2. The van der Waals surface area contributed by atoms with Crippen LogP contribution in [0.3, 0.4) is 0 Å². The van der Waals surface area contributed by atoms with Gasteiger partial charge < -0.3 is 14.3 Å². The van der Waals surface area contributed by atoms with Crippen molar-refractivity contribution < 1.29 is 19.1 Å². The minimum atomic E-state index is -0.126. The van der Waals surface area contributed by atoms with Gasteiger partial charge in [0.1, 0.15) is 12.0 Å². The number of Topliss-reactive ketones (excluding diaryl/α,β-unsaturated/α-hetero) is 1. The molecule has 1 aliphatic rings. The van der Waals surface area contributed by atoms with Crippen LogP contribution in [-0.4, -0.2) is 31.3 Å². The number of aryl methyl sites for hydroxylation is 2. The monoisotopic (exact) mass is 327 g/mol. The molecule has 24 heavy (non-hydrogen) atoms. The van der Waals surface area contributed by atoms with E-state index < -0.39 is 0 Å². The Morgan fingerprint density at radius 2 is 2.08 bits per heavy atom. The Morgan fingerprint density at radius 3 is 2.75 bits per heavy atom. The normalized spacial score (nSPS) is 16.8. The number of hydrogen-bond acceptors (Lipinski definition) is 5. The van der Waals surface area contributed by atoms with Crippen LogP contribution in [0.4, 0.5) is 0 Å². The summed E-state index contributed by atoms with van der Waals surface area (Å²) in [5.41, 5.74) is 2.47. The molecule has 0 aliphatic heterocycles. The predicted octanol–water partition coefficient (Wildman–Crippen LogP) is 3.28. The van der Waals surface area contributed by atoms with Crippen LogP contribution in [0.5, 0.6) is 11.6 Å². The number of nitrogens with zero attached hydrogens (tertiary/aromatic N) is 1. The number of aldehydes is 1. The van der Waals surface area contributed by atoms with E-state index >= 15 is 0 Å². The summed E-state index contributed by atoms with van der Waals surface area (Å²) in [6, 6.07) is 4.02. The molecule has 1 atom stereocenters. The predicted molar refractivity (Wildman–Crippen MR) is 91.0 cm³/mol. The summed E-state index contributed by atoms with van der Waals surface area (Å²) in [4.78, 5) is 28.0. The highest BCUT2D eigenvalue weighted by Gasteiger charge is 2.32. The Labute approximate surface area is 141 Å². The number of pyridine rings is 1. The summed E-state index contributed by atoms with van der Waals surface area (Å²) >= 11 is 0. The molecule has 1 unspecified atom stereocenters. The average molecular weight is 327 g/mol. The molecule has 0 amide bonds. The number of ether oxygens (including phenoxy) is 2. The first kappa shape index (κ1) is 16.4. The van der Waals surface area contributed by atoms with Crippen LogP contribution in [0.2, 0.25) is 0 Å². The van der Waals surface area contributed by atoms with Crippen LogP contribution in [0.25, 0.3) is 10.8 Å². The third-order valence-corrected chi connectivity index (χ3v) is 4.66. The molecule has 0 bridgehead atoms. The molecule has 1 aromatic carbocycles. The van der Waals surface area contributed by atoms with Crippen molar-refractivity contribution in [3.63, 3.8) is 0 Å². The molecule has 0 saturated carbocycles. The number of ketones is 1. The number of carbonyl (C=O) groups excluding carboxylic acids is 2. The molecule has 1 aromatic heterocycles. The lowest BCUT2D eigenvalue weighted by Gasteiger charge is -2.26. The third-order valence-electron chi connectivity index (χ3n) is 4.66. The Kier molecular flexibility index (Phi) is 4.51. The summed E-state index contributed by atoms with van der Waals surface area (Å²) < 4.78 is 11.0. The molecule has 1 aliphatic carbocycles. The zero-order chi connectivity index (χ0) is 17.3. The summed E-state index contributed by atoms with van der Waals surface area (Å²) in [5.74, 6) is 0.929. The minimum Gasteiger partial charge on any atom is -0.495 e. The highest BCUT2D eigenvalue weighted by Crippen LogP contribution is 2.42. The van der Waals surface area contributed by atoms with Gasteiger partial charge in [0.15, 0.2) is 5.78 Å². The lowest BCUT2D eigenvalue weighted by molar-refractivity contribution is -0.108. The molecule has 0 spiro atoms. The van der Waals surface area contributed by atoms with Gasteiger partial charge in [-0.1, -0.05) is 0 Å². The van der Waals surface area contributed by atoms with E-state index in [-0.39, 0.29) is 11.7 Å². The van der Waals surface area contributed by atoms with Gasteiger partial charge in [0.25, 0.3) is 0 Å². The van der Waals surface area contributed by atoms with Crippen molar-refractivity contribution in [3.8, 4) is 11.6 Å². The van der Waals surface area contributed by atoms with Gasteiger partial charge in [-0.05, 0) is 49.3 Å². The van der Waals surface area contributed by atoms with Crippen molar-refractivity contribution in [3.05, 3.63) is 29.0 Å². The Balaban J connectivity index is 2.23. The van der Waals surface area contributed by atoms with E-state index in [1.807, 2.05) is 19.1 Å². The van der Waals surface area contributed by atoms with Crippen LogP contribution in [0.1, 0.15) is 40.9 Å². The van der Waals surface area contributed by atoms with Gasteiger partial charge in [0.05, 0.1) is 25.2 Å². The molecule has 1 heterocycles. The van der Waals surface area contributed by atoms with E-state index in [1.165, 1.54) is 0 Å². The molecule has 2 aromatic rings. The van der Waals surface area contributed by atoms with E-state index in [9.17, 15) is 9.59 Å². The Bertz CT molecular complexity index is 813. The SMILES string of the molecule is COc1nc(C)cc2cc3c(c(OC)c12)C(=O)C(CCC=O)CC3. The maximum Gasteiger partial charge on any atom is 0.225 e. The first-order valence-electron chi connectivity index (χ1n) is 8.13. The zero-order valence-corrected chi connectivity index (χ0v) is 14.2. The standard InChI is InChI=1S/C19H21NO4/c1-11-9-14-10-13-7-6-12(5-4-8-21)17(22)15(13)18(23-2)16(14)19(20-11)24-3/h8-10,12H,4-7H2,1-3H3. The largest absolute Gasteiger partial charge is 0.495 e. The van der Waals surface area contributed by atoms with Crippen molar-refractivity contribution in [2.24, 2.45) is 5.92 Å². The van der Waals surface area contributed by atoms with Crippen LogP contribution in [0, 0.1) is 12.8 Å². The summed E-state index contributed by atoms with van der Waals surface area (Å²) in [6.07, 6.45) is 3.45. The molecule has 3 rings (SSSR count). The van der Waals surface area contributed by atoms with Crippen molar-refractivity contribution in [2.45, 2.75) is 32.6 Å². The van der Waals surface area contributed by atoms with Crippen molar-refractivity contribution >= 4 is 22.8 Å². The summed E-state index contributed by atoms with van der Waals surface area (Å²) in [6.45, 7) is 1.91. The first-order chi connectivity index (χ1) is 11.6. The van der Waals surface area contributed by atoms with Crippen LogP contribution < -0.4 is 9.47 Å². The van der Waals surface area contributed by atoms with Crippen LogP contribution in [-0.2, 0) is 11.2 Å². The number of carbonyl (C=O) groups is 2. The smallest absolute Gasteiger partial charge is 0.225 e. The molecule has 0 N–H and O–H groups in total. The Hall–Kier alpha value is -2.43. The first-order valence-corrected chi connectivity index (χ1v) is 8.13. The molecular formula is C19H21NO4. The van der Waals surface area contributed by atoms with Gasteiger partial charge in [-0.25, -0.2) is 4.98 Å². The lowest BCUT2D eigenvalue weighted by Crippen LogP contribution is -2.23. The fourth-order valence-corrected chi connectivity index (χ4v) is 3.57. The highest BCUT2D eigenvalue weighted by atomic mass is 16.5. The van der Waals surface area contributed by atoms with Crippen molar-refractivity contribution in [1.29, 1.82) is 0 Å². The van der Waals surface area contributed by atoms with Gasteiger partial charge >= 0.3 is 0 Å². The molecule has 0 radical (unpaired) electrons. The zero-order valence-electron chi connectivity index (χ0n) is 14.2. The second-order valence-electron chi connectivity index (χ2n) is 6.16. The molecule has 5 nitrogen and oxygen atoms in total. The van der Waals surface area contributed by atoms with E-state index in [0.29, 0.717) is 30.0 Å². The molecule has 5 heteroatoms. The fourth-order valence-electron chi connectivity index (χ4n) is 3.57. The molecule has 0 fully saturated rings. The van der Waals surface area contributed by atoms with Gasteiger partial charge in [-0.15, -0.1) is 0 Å². The molecular weight excluding hydrogens is 306 g/mol. The van der Waals surface area contributed by atoms with Gasteiger partial charge in [-0.3, -0.25) is 4.79 Å². The second kappa shape index (κ2) is 6.59. The summed E-state index contributed by atoms with van der Waals surface area (Å²) in [5, 5.41) is 1.70. The Morgan fingerprint density at radius 1 is 1.29 bits per heavy atom. The maximum atomic E-state index is 13.0. The fraction of sp³-hybridized carbons (Fsp3) is 0.421. The van der Waals surface area contributed by atoms with E-state index in [4.69, 9.17) is 9.47 Å². The minimum absolute atomic E-state index is 0.0551. The second-order valence-corrected chi connectivity index (χ2v) is 6.16. The van der Waals surface area contributed by atoms with E-state index in [0.717, 1.165) is 41.2 Å². The number of benzene rings is 1. The third kappa shape index (κ3) is 2.64. The maximum absolute atomic E-state index is 13.0. The van der Waals surface area contributed by atoms with Crippen LogP contribution >= 0.6 is 0 Å². The van der Waals surface area contributed by atoms with E-state index in [1.54, 1.807) is 14.2 Å². The number of aromatic nitrogens is 1.